The molecule has 0 aliphatic carbocycles. The van der Waals surface area contributed by atoms with Crippen molar-refractivity contribution in [2.24, 2.45) is 0 Å². The number of nitrogens with zero attached hydrogens (tertiary/aromatic N) is 2. The molecule has 106 valence electrons. The summed E-state index contributed by atoms with van der Waals surface area (Å²) in [5, 5.41) is 3.15. The molecule has 0 saturated carbocycles. The molecule has 2 heterocycles. The van der Waals surface area contributed by atoms with Crippen molar-refractivity contribution in [2.75, 3.05) is 13.7 Å². The first-order valence-corrected chi connectivity index (χ1v) is 6.99. The lowest BCUT2D eigenvalue weighted by Gasteiger charge is -2.09. The summed E-state index contributed by atoms with van der Waals surface area (Å²) in [7, 11) is 1.94. The number of ether oxygens (including phenoxy) is 1. The van der Waals surface area contributed by atoms with Crippen LogP contribution in [0.2, 0.25) is 0 Å². The Morgan fingerprint density at radius 2 is 2.10 bits per heavy atom. The van der Waals surface area contributed by atoms with Crippen molar-refractivity contribution in [3.05, 3.63) is 53.5 Å². The standard InChI is InChI=1S/C16H21N3O/c1-3-14-10-13(12-17-2)11-16(19-14)20-9-7-15-6-4-5-8-18-15/h4-6,8,10-11,17H,3,7,9,12H2,1-2H3. The van der Waals surface area contributed by atoms with E-state index in [-0.39, 0.29) is 0 Å². The van der Waals surface area contributed by atoms with E-state index in [0.29, 0.717) is 12.5 Å². The van der Waals surface area contributed by atoms with Gasteiger partial charge in [0.1, 0.15) is 0 Å². The van der Waals surface area contributed by atoms with Crippen molar-refractivity contribution in [2.45, 2.75) is 26.3 Å². The van der Waals surface area contributed by atoms with Crippen LogP contribution in [0.15, 0.2) is 36.5 Å². The van der Waals surface area contributed by atoms with Gasteiger partial charge in [0.15, 0.2) is 0 Å². The SMILES string of the molecule is CCc1cc(CNC)cc(OCCc2ccccn2)n1. The van der Waals surface area contributed by atoms with Crippen LogP contribution in [-0.2, 0) is 19.4 Å². The summed E-state index contributed by atoms with van der Waals surface area (Å²) in [4.78, 5) is 8.78. The third-order valence-corrected chi connectivity index (χ3v) is 2.99. The molecule has 0 amide bonds. The molecule has 4 nitrogen and oxygen atoms in total. The van der Waals surface area contributed by atoms with Gasteiger partial charge in [-0.15, -0.1) is 0 Å². The summed E-state index contributed by atoms with van der Waals surface area (Å²) >= 11 is 0. The lowest BCUT2D eigenvalue weighted by molar-refractivity contribution is 0.307. The normalized spacial score (nSPS) is 10.5. The van der Waals surface area contributed by atoms with Crippen molar-refractivity contribution in [3.8, 4) is 5.88 Å². The van der Waals surface area contributed by atoms with Gasteiger partial charge in [0.25, 0.3) is 0 Å². The van der Waals surface area contributed by atoms with E-state index < -0.39 is 0 Å². The number of nitrogens with one attached hydrogen (secondary N) is 1. The van der Waals surface area contributed by atoms with Crippen LogP contribution in [0.5, 0.6) is 5.88 Å². The van der Waals surface area contributed by atoms with Gasteiger partial charge in [-0.05, 0) is 37.2 Å². The van der Waals surface area contributed by atoms with Gasteiger partial charge < -0.3 is 10.1 Å². The van der Waals surface area contributed by atoms with Crippen molar-refractivity contribution in [1.82, 2.24) is 15.3 Å². The Kier molecular flexibility index (Phi) is 5.50. The second-order valence-electron chi connectivity index (χ2n) is 4.61. The molecule has 2 aromatic rings. The Hall–Kier alpha value is -1.94. The van der Waals surface area contributed by atoms with Gasteiger partial charge in [-0.25, -0.2) is 4.98 Å². The highest BCUT2D eigenvalue weighted by molar-refractivity contribution is 5.25. The molecule has 4 heteroatoms. The maximum absolute atomic E-state index is 5.76. The third-order valence-electron chi connectivity index (χ3n) is 2.99. The molecular weight excluding hydrogens is 250 g/mol. The minimum atomic E-state index is 0.593. The first-order chi connectivity index (χ1) is 9.81. The number of rotatable bonds is 7. The maximum Gasteiger partial charge on any atom is 0.213 e. The summed E-state index contributed by atoms with van der Waals surface area (Å²) in [6.07, 6.45) is 3.50. The largest absolute Gasteiger partial charge is 0.477 e. The summed E-state index contributed by atoms with van der Waals surface area (Å²) in [5.41, 5.74) is 3.30. The molecule has 0 aromatic carbocycles. The van der Waals surface area contributed by atoms with E-state index in [0.717, 1.165) is 30.8 Å². The number of aryl methyl sites for hydroxylation is 1. The predicted molar refractivity (Wildman–Crippen MR) is 79.8 cm³/mol. The minimum Gasteiger partial charge on any atom is -0.477 e. The molecule has 20 heavy (non-hydrogen) atoms. The molecule has 2 aromatic heterocycles. The fraction of sp³-hybridized carbons (Fsp3) is 0.375. The van der Waals surface area contributed by atoms with Crippen LogP contribution < -0.4 is 10.1 Å². The first-order valence-electron chi connectivity index (χ1n) is 6.99. The summed E-state index contributed by atoms with van der Waals surface area (Å²) < 4.78 is 5.76. The quantitative estimate of drug-likeness (QED) is 0.840. The van der Waals surface area contributed by atoms with Crippen LogP contribution in [0, 0.1) is 0 Å². The topological polar surface area (TPSA) is 47.0 Å². The first kappa shape index (κ1) is 14.5. The van der Waals surface area contributed by atoms with E-state index in [1.807, 2.05) is 31.3 Å². The Bertz CT molecular complexity index is 529. The van der Waals surface area contributed by atoms with E-state index >= 15 is 0 Å². The Labute approximate surface area is 120 Å². The highest BCUT2D eigenvalue weighted by Crippen LogP contribution is 2.13. The molecule has 0 atom stereocenters. The zero-order chi connectivity index (χ0) is 14.2. The lowest BCUT2D eigenvalue weighted by Crippen LogP contribution is -2.08. The fourth-order valence-corrected chi connectivity index (χ4v) is 1.99. The highest BCUT2D eigenvalue weighted by atomic mass is 16.5. The van der Waals surface area contributed by atoms with E-state index in [2.05, 4.69) is 28.3 Å². The molecule has 0 radical (unpaired) electrons. The van der Waals surface area contributed by atoms with Gasteiger partial charge in [-0.2, -0.15) is 0 Å². The number of hydrogen-bond acceptors (Lipinski definition) is 4. The maximum atomic E-state index is 5.76. The van der Waals surface area contributed by atoms with Crippen LogP contribution in [0.3, 0.4) is 0 Å². The van der Waals surface area contributed by atoms with E-state index in [1.165, 1.54) is 5.56 Å². The van der Waals surface area contributed by atoms with Crippen molar-refractivity contribution >= 4 is 0 Å². The fourth-order valence-electron chi connectivity index (χ4n) is 1.99. The number of aromatic nitrogens is 2. The molecule has 0 aliphatic rings. The molecule has 1 N–H and O–H groups in total. The zero-order valence-corrected chi connectivity index (χ0v) is 12.1. The molecule has 0 fully saturated rings. The average molecular weight is 271 g/mol. The van der Waals surface area contributed by atoms with Crippen molar-refractivity contribution < 1.29 is 4.74 Å². The summed E-state index contributed by atoms with van der Waals surface area (Å²) in [5.74, 6) is 0.700. The van der Waals surface area contributed by atoms with Gasteiger partial charge in [0.05, 0.1) is 6.61 Å². The second kappa shape index (κ2) is 7.60. The minimum absolute atomic E-state index is 0.593. The summed E-state index contributed by atoms with van der Waals surface area (Å²) in [6.45, 7) is 3.52. The molecule has 0 bridgehead atoms. The van der Waals surface area contributed by atoms with Crippen LogP contribution in [0.4, 0.5) is 0 Å². The van der Waals surface area contributed by atoms with Gasteiger partial charge >= 0.3 is 0 Å². The van der Waals surface area contributed by atoms with Crippen LogP contribution >= 0.6 is 0 Å². The monoisotopic (exact) mass is 271 g/mol. The second-order valence-corrected chi connectivity index (χ2v) is 4.61. The smallest absolute Gasteiger partial charge is 0.213 e. The predicted octanol–water partition coefficient (Wildman–Crippen LogP) is 2.38. The Morgan fingerprint density at radius 3 is 2.80 bits per heavy atom. The van der Waals surface area contributed by atoms with Gasteiger partial charge in [-0.1, -0.05) is 13.0 Å². The van der Waals surface area contributed by atoms with Gasteiger partial charge in [0, 0.05) is 36.6 Å². The third kappa shape index (κ3) is 4.31. The van der Waals surface area contributed by atoms with Crippen molar-refractivity contribution in [1.29, 1.82) is 0 Å². The van der Waals surface area contributed by atoms with Crippen LogP contribution in [0.1, 0.15) is 23.9 Å². The number of hydrogen-bond donors (Lipinski definition) is 1. The molecule has 0 spiro atoms. The lowest BCUT2D eigenvalue weighted by atomic mass is 10.2. The molecule has 0 aliphatic heterocycles. The molecule has 0 unspecified atom stereocenters. The summed E-state index contributed by atoms with van der Waals surface area (Å²) in [6, 6.07) is 10.0. The highest BCUT2D eigenvalue weighted by Gasteiger charge is 2.03. The molecular formula is C16H21N3O. The van der Waals surface area contributed by atoms with E-state index in [1.54, 1.807) is 6.20 Å². The van der Waals surface area contributed by atoms with Crippen molar-refractivity contribution in [3.63, 3.8) is 0 Å². The number of pyridine rings is 2. The van der Waals surface area contributed by atoms with Gasteiger partial charge in [-0.3, -0.25) is 4.98 Å². The van der Waals surface area contributed by atoms with E-state index in [4.69, 9.17) is 4.74 Å². The average Bonchev–Trinajstić information content (AvgIpc) is 2.48. The van der Waals surface area contributed by atoms with Crippen LogP contribution in [0.25, 0.3) is 0 Å². The Morgan fingerprint density at radius 1 is 1.20 bits per heavy atom. The molecule has 2 rings (SSSR count). The molecule has 0 saturated heterocycles. The Balaban J connectivity index is 1.96. The zero-order valence-electron chi connectivity index (χ0n) is 12.1. The van der Waals surface area contributed by atoms with Gasteiger partial charge in [0.2, 0.25) is 5.88 Å². The van der Waals surface area contributed by atoms with E-state index in [9.17, 15) is 0 Å². The van der Waals surface area contributed by atoms with Crippen LogP contribution in [-0.4, -0.2) is 23.6 Å².